The Morgan fingerprint density at radius 1 is 1.38 bits per heavy atom. The van der Waals surface area contributed by atoms with Gasteiger partial charge in [0, 0.05) is 11.4 Å². The minimum absolute atomic E-state index is 0.208. The summed E-state index contributed by atoms with van der Waals surface area (Å²) in [5, 5.41) is 12.2. The Bertz CT molecular complexity index is 628. The Kier molecular flexibility index (Phi) is 5.58. The number of aromatic nitrogens is 2. The van der Waals surface area contributed by atoms with Crippen molar-refractivity contribution >= 4 is 39.9 Å². The number of benzene rings is 1. The highest BCUT2D eigenvalue weighted by molar-refractivity contribution is 8.01. The molecule has 0 aliphatic heterocycles. The Hall–Kier alpha value is -1.60. The molecule has 7 heteroatoms. The van der Waals surface area contributed by atoms with E-state index in [2.05, 4.69) is 46.2 Å². The van der Waals surface area contributed by atoms with Gasteiger partial charge in [0.2, 0.25) is 5.13 Å². The predicted molar refractivity (Wildman–Crippen MR) is 86.5 cm³/mol. The van der Waals surface area contributed by atoms with E-state index >= 15 is 0 Å². The summed E-state index contributed by atoms with van der Waals surface area (Å²) >= 11 is 2.98. The molecule has 112 valence electrons. The standard InChI is InChI=1S/C14H17N3O2S2/c1-9-4-5-11(10(2)8-9)15-13-16-17-14(21-13)20-7-6-12(18)19-3/h4-5,8H,6-7H2,1-3H3,(H,15,16). The second kappa shape index (κ2) is 7.42. The van der Waals surface area contributed by atoms with Crippen LogP contribution in [0.2, 0.25) is 0 Å². The number of hydrogen-bond donors (Lipinski definition) is 1. The molecule has 1 aromatic carbocycles. The van der Waals surface area contributed by atoms with Crippen molar-refractivity contribution in [1.82, 2.24) is 10.2 Å². The lowest BCUT2D eigenvalue weighted by Crippen LogP contribution is -2.00. The maximum atomic E-state index is 11.0. The number of rotatable bonds is 6. The first-order chi connectivity index (χ1) is 10.1. The molecule has 21 heavy (non-hydrogen) atoms. The number of hydrogen-bond acceptors (Lipinski definition) is 7. The zero-order chi connectivity index (χ0) is 15.2. The van der Waals surface area contributed by atoms with E-state index < -0.39 is 0 Å². The minimum Gasteiger partial charge on any atom is -0.469 e. The van der Waals surface area contributed by atoms with Crippen molar-refractivity contribution in [2.24, 2.45) is 0 Å². The third kappa shape index (κ3) is 4.71. The highest BCUT2D eigenvalue weighted by atomic mass is 32.2. The van der Waals surface area contributed by atoms with Gasteiger partial charge in [-0.1, -0.05) is 40.8 Å². The normalized spacial score (nSPS) is 10.4. The van der Waals surface area contributed by atoms with E-state index in [0.29, 0.717) is 12.2 Å². The van der Waals surface area contributed by atoms with Gasteiger partial charge < -0.3 is 10.1 Å². The predicted octanol–water partition coefficient (Wildman–Crippen LogP) is 3.55. The average Bonchev–Trinajstić information content (AvgIpc) is 2.89. The van der Waals surface area contributed by atoms with E-state index in [-0.39, 0.29) is 5.97 Å². The fraction of sp³-hybridized carbons (Fsp3) is 0.357. The minimum atomic E-state index is -0.208. The van der Waals surface area contributed by atoms with Crippen molar-refractivity contribution in [3.8, 4) is 0 Å². The Morgan fingerprint density at radius 3 is 2.90 bits per heavy atom. The smallest absolute Gasteiger partial charge is 0.306 e. The lowest BCUT2D eigenvalue weighted by Gasteiger charge is -2.06. The van der Waals surface area contributed by atoms with Crippen molar-refractivity contribution < 1.29 is 9.53 Å². The van der Waals surface area contributed by atoms with Crippen LogP contribution in [0, 0.1) is 13.8 Å². The van der Waals surface area contributed by atoms with Crippen LogP contribution in [0.4, 0.5) is 10.8 Å². The molecule has 0 spiro atoms. The molecule has 0 bridgehead atoms. The largest absolute Gasteiger partial charge is 0.469 e. The maximum Gasteiger partial charge on any atom is 0.306 e. The van der Waals surface area contributed by atoms with Crippen LogP contribution in [0.25, 0.3) is 0 Å². The van der Waals surface area contributed by atoms with Crippen LogP contribution in [0.1, 0.15) is 17.5 Å². The molecule has 0 aliphatic rings. The van der Waals surface area contributed by atoms with Gasteiger partial charge in [0.15, 0.2) is 4.34 Å². The number of ether oxygens (including phenoxy) is 1. The van der Waals surface area contributed by atoms with Gasteiger partial charge in [0.25, 0.3) is 0 Å². The molecular formula is C14H17N3O2S2. The summed E-state index contributed by atoms with van der Waals surface area (Å²) in [5.74, 6) is 0.436. The number of methoxy groups -OCH3 is 1. The van der Waals surface area contributed by atoms with Crippen molar-refractivity contribution in [3.05, 3.63) is 29.3 Å². The van der Waals surface area contributed by atoms with Crippen molar-refractivity contribution in [3.63, 3.8) is 0 Å². The molecule has 0 radical (unpaired) electrons. The molecule has 0 unspecified atom stereocenters. The van der Waals surface area contributed by atoms with E-state index in [1.54, 1.807) is 0 Å². The molecule has 2 aromatic rings. The summed E-state index contributed by atoms with van der Waals surface area (Å²) < 4.78 is 5.44. The Morgan fingerprint density at radius 2 is 2.19 bits per heavy atom. The molecule has 0 aliphatic carbocycles. The van der Waals surface area contributed by atoms with Crippen molar-refractivity contribution in [1.29, 1.82) is 0 Å². The molecule has 0 fully saturated rings. The first kappa shape index (κ1) is 15.8. The molecule has 1 heterocycles. The molecule has 5 nitrogen and oxygen atoms in total. The number of carbonyl (C=O) groups excluding carboxylic acids is 1. The summed E-state index contributed by atoms with van der Waals surface area (Å²) in [5.41, 5.74) is 3.43. The van der Waals surface area contributed by atoms with Crippen LogP contribution >= 0.6 is 23.1 Å². The number of anilines is 2. The number of nitrogens with one attached hydrogen (secondary N) is 1. The first-order valence-electron chi connectivity index (χ1n) is 6.46. The molecule has 1 N–H and O–H groups in total. The second-order valence-corrected chi connectivity index (χ2v) is 6.81. The number of thioether (sulfide) groups is 1. The van der Waals surface area contributed by atoms with E-state index in [0.717, 1.165) is 15.2 Å². The lowest BCUT2D eigenvalue weighted by molar-refractivity contribution is -0.140. The molecule has 2 rings (SSSR count). The molecule has 0 atom stereocenters. The van der Waals surface area contributed by atoms with Gasteiger partial charge in [-0.25, -0.2) is 0 Å². The zero-order valence-electron chi connectivity index (χ0n) is 12.2. The van der Waals surface area contributed by atoms with Gasteiger partial charge in [0.05, 0.1) is 13.5 Å². The van der Waals surface area contributed by atoms with Crippen LogP contribution in [0.15, 0.2) is 22.5 Å². The first-order valence-corrected chi connectivity index (χ1v) is 8.26. The average molecular weight is 323 g/mol. The number of nitrogens with zero attached hydrogens (tertiary/aromatic N) is 2. The van der Waals surface area contributed by atoms with Gasteiger partial charge in [0.1, 0.15) is 0 Å². The number of esters is 1. The molecule has 1 aromatic heterocycles. The van der Waals surface area contributed by atoms with Crippen LogP contribution < -0.4 is 5.32 Å². The summed E-state index contributed by atoms with van der Waals surface area (Å²) in [4.78, 5) is 11.0. The quantitative estimate of drug-likeness (QED) is 0.648. The Labute approximate surface area is 132 Å². The fourth-order valence-corrected chi connectivity index (χ4v) is 3.47. The van der Waals surface area contributed by atoms with E-state index in [1.807, 2.05) is 6.07 Å². The topological polar surface area (TPSA) is 64.1 Å². The molecule has 0 saturated heterocycles. The molecular weight excluding hydrogens is 306 g/mol. The number of aryl methyl sites for hydroxylation is 2. The monoisotopic (exact) mass is 323 g/mol. The van der Waals surface area contributed by atoms with Crippen LogP contribution in [-0.2, 0) is 9.53 Å². The highest BCUT2D eigenvalue weighted by Gasteiger charge is 2.08. The molecule has 0 saturated carbocycles. The third-order valence-electron chi connectivity index (χ3n) is 2.79. The number of carbonyl (C=O) groups is 1. The molecule has 0 amide bonds. The lowest BCUT2D eigenvalue weighted by atomic mass is 10.1. The van der Waals surface area contributed by atoms with E-state index in [9.17, 15) is 4.79 Å². The van der Waals surface area contributed by atoms with Crippen LogP contribution in [0.3, 0.4) is 0 Å². The fourth-order valence-electron chi connectivity index (χ4n) is 1.71. The zero-order valence-corrected chi connectivity index (χ0v) is 13.8. The maximum absolute atomic E-state index is 11.0. The van der Waals surface area contributed by atoms with Gasteiger partial charge in [-0.15, -0.1) is 10.2 Å². The summed E-state index contributed by atoms with van der Waals surface area (Å²) in [6.07, 6.45) is 0.376. The van der Waals surface area contributed by atoms with Gasteiger partial charge in [-0.3, -0.25) is 4.79 Å². The van der Waals surface area contributed by atoms with Crippen molar-refractivity contribution in [2.75, 3.05) is 18.2 Å². The summed E-state index contributed by atoms with van der Waals surface area (Å²) in [6.45, 7) is 4.13. The van der Waals surface area contributed by atoms with Gasteiger partial charge in [-0.05, 0) is 25.5 Å². The Balaban J connectivity index is 1.92. The van der Waals surface area contributed by atoms with Gasteiger partial charge in [-0.2, -0.15) is 0 Å². The van der Waals surface area contributed by atoms with Crippen LogP contribution in [-0.4, -0.2) is 29.0 Å². The van der Waals surface area contributed by atoms with E-state index in [1.165, 1.54) is 41.3 Å². The third-order valence-corrected chi connectivity index (χ3v) is 4.76. The second-order valence-electron chi connectivity index (χ2n) is 4.49. The summed E-state index contributed by atoms with van der Waals surface area (Å²) in [6, 6.07) is 6.22. The summed E-state index contributed by atoms with van der Waals surface area (Å²) in [7, 11) is 1.39. The van der Waals surface area contributed by atoms with E-state index in [4.69, 9.17) is 0 Å². The SMILES string of the molecule is COC(=O)CCSc1nnc(Nc2ccc(C)cc2C)s1. The highest BCUT2D eigenvalue weighted by Crippen LogP contribution is 2.29. The van der Waals surface area contributed by atoms with Gasteiger partial charge >= 0.3 is 5.97 Å². The van der Waals surface area contributed by atoms with Crippen LogP contribution in [0.5, 0.6) is 0 Å². The van der Waals surface area contributed by atoms with Crippen molar-refractivity contribution in [2.45, 2.75) is 24.6 Å².